The number of nitrogens with zero attached hydrogens (tertiary/aromatic N) is 2. The molecule has 1 atom stereocenters. The molecule has 7 nitrogen and oxygen atoms in total. The molecule has 2 aromatic carbocycles. The Balaban J connectivity index is 1.97. The number of aliphatic hydroxyl groups is 1. The Morgan fingerprint density at radius 2 is 1.41 bits per heavy atom. The van der Waals surface area contributed by atoms with Gasteiger partial charge in [0.2, 0.25) is 10.0 Å². The van der Waals surface area contributed by atoms with Crippen LogP contribution in [0.5, 0.6) is 11.5 Å². The van der Waals surface area contributed by atoms with Crippen LogP contribution in [0.25, 0.3) is 0 Å². The van der Waals surface area contributed by atoms with E-state index >= 15 is 0 Å². The Hall–Kier alpha value is -2.46. The molecule has 170 valence electrons. The van der Waals surface area contributed by atoms with Crippen LogP contribution in [0.1, 0.15) is 22.1 Å². The average Bonchev–Trinajstić information content (AvgIpc) is 2.80. The fourth-order valence-corrected chi connectivity index (χ4v) is 5.23. The van der Waals surface area contributed by atoms with E-state index in [9.17, 15) is 13.5 Å². The molecule has 0 aliphatic rings. The third-order valence-electron chi connectivity index (χ3n) is 4.99. The van der Waals surface area contributed by atoms with Gasteiger partial charge in [0.05, 0.1) is 26.5 Å². The summed E-state index contributed by atoms with van der Waals surface area (Å²) in [6.45, 7) is -0.334. The van der Waals surface area contributed by atoms with Crippen molar-refractivity contribution >= 4 is 26.0 Å². The van der Waals surface area contributed by atoms with Gasteiger partial charge in [-0.2, -0.15) is 4.31 Å². The molecule has 9 heteroatoms. The Morgan fingerprint density at radius 3 is 1.81 bits per heavy atom. The van der Waals surface area contributed by atoms with Crippen LogP contribution in [-0.2, 0) is 23.1 Å². The molecule has 0 amide bonds. The summed E-state index contributed by atoms with van der Waals surface area (Å²) < 4.78 is 39.6. The van der Waals surface area contributed by atoms with Crippen LogP contribution < -0.4 is 9.47 Å². The first-order valence-corrected chi connectivity index (χ1v) is 12.1. The maximum absolute atomic E-state index is 13.7. The van der Waals surface area contributed by atoms with Crippen molar-refractivity contribution < 1.29 is 23.0 Å². The highest BCUT2D eigenvalue weighted by atomic mass is 79.9. The van der Waals surface area contributed by atoms with Crippen molar-refractivity contribution in [3.8, 4) is 11.5 Å². The van der Waals surface area contributed by atoms with Crippen molar-refractivity contribution in [1.29, 1.82) is 0 Å². The average molecular weight is 521 g/mol. The topological polar surface area (TPSA) is 89.0 Å². The molecule has 0 fully saturated rings. The predicted octanol–water partition coefficient (Wildman–Crippen LogP) is 3.93. The summed E-state index contributed by atoms with van der Waals surface area (Å²) in [7, 11) is -0.822. The highest BCUT2D eigenvalue weighted by molar-refractivity contribution is 9.10. The number of halogens is 1. The molecule has 1 unspecified atom stereocenters. The van der Waals surface area contributed by atoms with Crippen LogP contribution in [0.2, 0.25) is 0 Å². The summed E-state index contributed by atoms with van der Waals surface area (Å²) >= 11 is 3.27. The molecule has 1 heterocycles. The molecular formula is C23H25BrN2O5S. The maximum Gasteiger partial charge on any atom is 0.225 e. The second-order valence-corrected chi connectivity index (χ2v) is 9.99. The number of sulfonamides is 1. The molecule has 32 heavy (non-hydrogen) atoms. The summed E-state index contributed by atoms with van der Waals surface area (Å²) in [6, 6.07) is 19.4. The zero-order valence-electron chi connectivity index (χ0n) is 17.8. The third kappa shape index (κ3) is 5.86. The van der Waals surface area contributed by atoms with Crippen LogP contribution in [-0.4, -0.2) is 43.6 Å². The number of methoxy groups -OCH3 is 2. The van der Waals surface area contributed by atoms with Crippen LogP contribution in [0, 0.1) is 0 Å². The first-order chi connectivity index (χ1) is 15.4. The quantitative estimate of drug-likeness (QED) is 0.407. The molecule has 1 aromatic heterocycles. The molecule has 0 saturated heterocycles. The van der Waals surface area contributed by atoms with E-state index in [1.54, 1.807) is 56.7 Å². The van der Waals surface area contributed by atoms with Gasteiger partial charge in [-0.15, -0.1) is 0 Å². The molecule has 0 aliphatic heterocycles. The Labute approximate surface area is 196 Å². The van der Waals surface area contributed by atoms with Crippen molar-refractivity contribution in [1.82, 2.24) is 9.29 Å². The molecule has 0 aliphatic carbocycles. The van der Waals surface area contributed by atoms with Crippen LogP contribution >= 0.6 is 15.9 Å². The number of rotatable bonds is 10. The van der Waals surface area contributed by atoms with E-state index < -0.39 is 21.9 Å². The number of aliphatic hydroxyl groups excluding tert-OH is 1. The Morgan fingerprint density at radius 1 is 0.906 bits per heavy atom. The van der Waals surface area contributed by atoms with Gasteiger partial charge in [-0.1, -0.05) is 30.3 Å². The summed E-state index contributed by atoms with van der Waals surface area (Å²) in [5.74, 6) is 1.37. The van der Waals surface area contributed by atoms with Gasteiger partial charge in [0.25, 0.3) is 0 Å². The fourth-order valence-electron chi connectivity index (χ4n) is 3.23. The van der Waals surface area contributed by atoms with Crippen molar-refractivity contribution in [3.63, 3.8) is 0 Å². The van der Waals surface area contributed by atoms with Crippen LogP contribution in [0.3, 0.4) is 0 Å². The van der Waals surface area contributed by atoms with Crippen molar-refractivity contribution in [2.45, 2.75) is 18.3 Å². The number of pyridine rings is 1. The highest BCUT2D eigenvalue weighted by Gasteiger charge is 2.34. The second kappa shape index (κ2) is 10.9. The van der Waals surface area contributed by atoms with Crippen LogP contribution in [0.4, 0.5) is 0 Å². The smallest absolute Gasteiger partial charge is 0.225 e. The van der Waals surface area contributed by atoms with Gasteiger partial charge in [-0.05, 0) is 63.5 Å². The SMILES string of the molecule is COc1ccc(CN(Cc2ccc(OC)cc2)S(=O)(=O)C(CO)c2cccc(Br)n2)cc1. The lowest BCUT2D eigenvalue weighted by molar-refractivity contribution is 0.281. The Bertz CT molecular complexity index is 1070. The van der Waals surface area contributed by atoms with Crippen molar-refractivity contribution in [2.24, 2.45) is 0 Å². The van der Waals surface area contributed by atoms with E-state index in [1.807, 2.05) is 24.3 Å². The monoisotopic (exact) mass is 520 g/mol. The lowest BCUT2D eigenvalue weighted by atomic mass is 10.2. The molecular weight excluding hydrogens is 496 g/mol. The molecule has 0 radical (unpaired) electrons. The van der Waals surface area contributed by atoms with Crippen molar-refractivity contribution in [2.75, 3.05) is 20.8 Å². The summed E-state index contributed by atoms with van der Waals surface area (Å²) in [4.78, 5) is 4.27. The van der Waals surface area contributed by atoms with E-state index in [0.29, 0.717) is 16.1 Å². The van der Waals surface area contributed by atoms with Gasteiger partial charge in [-0.3, -0.25) is 0 Å². The normalized spacial score (nSPS) is 12.5. The zero-order valence-corrected chi connectivity index (χ0v) is 20.2. The van der Waals surface area contributed by atoms with Gasteiger partial charge >= 0.3 is 0 Å². The van der Waals surface area contributed by atoms with E-state index in [1.165, 1.54) is 4.31 Å². The largest absolute Gasteiger partial charge is 0.497 e. The first kappa shape index (κ1) is 24.2. The molecule has 0 saturated carbocycles. The Kier molecular flexibility index (Phi) is 8.25. The maximum atomic E-state index is 13.7. The standard InChI is InChI=1S/C23H25BrN2O5S/c1-30-19-10-6-17(7-11-19)14-26(15-18-8-12-20(31-2)13-9-18)32(28,29)22(16-27)21-4-3-5-23(24)25-21/h3-13,22,27H,14-16H2,1-2H3. The van der Waals surface area contributed by atoms with Gasteiger partial charge in [0, 0.05) is 13.1 Å². The number of hydrogen-bond donors (Lipinski definition) is 1. The van der Waals surface area contributed by atoms with E-state index in [0.717, 1.165) is 11.1 Å². The lowest BCUT2D eigenvalue weighted by Crippen LogP contribution is -2.36. The number of ether oxygens (including phenoxy) is 2. The number of benzene rings is 2. The number of hydrogen-bond acceptors (Lipinski definition) is 6. The van der Waals surface area contributed by atoms with Gasteiger partial charge in [0.1, 0.15) is 21.4 Å². The second-order valence-electron chi connectivity index (χ2n) is 7.07. The first-order valence-electron chi connectivity index (χ1n) is 9.85. The number of aromatic nitrogens is 1. The molecule has 3 aromatic rings. The van der Waals surface area contributed by atoms with Crippen molar-refractivity contribution in [3.05, 3.63) is 88.2 Å². The summed E-state index contributed by atoms with van der Waals surface area (Å²) in [6.07, 6.45) is 0. The lowest BCUT2D eigenvalue weighted by Gasteiger charge is -2.27. The van der Waals surface area contributed by atoms with Crippen LogP contribution in [0.15, 0.2) is 71.3 Å². The fraction of sp³-hybridized carbons (Fsp3) is 0.261. The minimum absolute atomic E-state index is 0.128. The summed E-state index contributed by atoms with van der Waals surface area (Å²) in [5, 5.41) is 8.83. The third-order valence-corrected chi connectivity index (χ3v) is 7.52. The molecule has 1 N–H and O–H groups in total. The van der Waals surface area contributed by atoms with E-state index in [2.05, 4.69) is 20.9 Å². The van der Waals surface area contributed by atoms with Gasteiger partial charge in [0.15, 0.2) is 0 Å². The summed E-state index contributed by atoms with van der Waals surface area (Å²) in [5.41, 5.74) is 1.86. The van der Waals surface area contributed by atoms with E-state index in [4.69, 9.17) is 9.47 Å². The van der Waals surface area contributed by atoms with Gasteiger partial charge < -0.3 is 14.6 Å². The minimum Gasteiger partial charge on any atom is -0.497 e. The van der Waals surface area contributed by atoms with E-state index in [-0.39, 0.29) is 18.8 Å². The van der Waals surface area contributed by atoms with Gasteiger partial charge in [-0.25, -0.2) is 13.4 Å². The highest BCUT2D eigenvalue weighted by Crippen LogP contribution is 2.28. The zero-order chi connectivity index (χ0) is 23.1. The molecule has 0 bridgehead atoms. The minimum atomic E-state index is -3.97. The molecule has 3 rings (SSSR count). The molecule has 0 spiro atoms. The predicted molar refractivity (Wildman–Crippen MR) is 126 cm³/mol.